The molecule has 0 bridgehead atoms. The molecule has 0 heterocycles. The summed E-state index contributed by atoms with van der Waals surface area (Å²) in [7, 11) is 0. The van der Waals surface area contributed by atoms with Gasteiger partial charge < -0.3 is 0 Å². The van der Waals surface area contributed by atoms with Crippen molar-refractivity contribution in [3.8, 4) is 0 Å². The largest absolute Gasteiger partial charge is 0.331 e. The maximum atomic E-state index is 9.34. The number of hydrazine groups is 1. The Hall–Kier alpha value is -0.830. The minimum atomic E-state index is 0.708. The van der Waals surface area contributed by atoms with Crippen molar-refractivity contribution in [2.75, 3.05) is 0 Å². The summed E-state index contributed by atoms with van der Waals surface area (Å²) in [6.45, 7) is 3.17. The molecule has 0 aromatic heterocycles. The van der Waals surface area contributed by atoms with Crippen LogP contribution in [0, 0.1) is 0 Å². The van der Waals surface area contributed by atoms with E-state index < -0.39 is 0 Å². The van der Waals surface area contributed by atoms with Gasteiger partial charge in [-0.1, -0.05) is 6.58 Å². The molecular weight excluding hydrogens is 80.0 g/mol. The molecule has 0 saturated carbocycles. The number of hydrogen-bond acceptors (Lipinski definition) is 2. The first-order chi connectivity index (χ1) is 2.81. The quantitative estimate of drug-likeness (QED) is 0.210. The molecule has 0 fully saturated rings. The van der Waals surface area contributed by atoms with Crippen molar-refractivity contribution in [1.29, 1.82) is 0 Å². The summed E-state index contributed by atoms with van der Waals surface area (Å²) in [5.74, 6) is 4.76. The van der Waals surface area contributed by atoms with Crippen molar-refractivity contribution in [1.82, 2.24) is 5.01 Å². The van der Waals surface area contributed by atoms with Gasteiger partial charge in [0.25, 0.3) is 0 Å². The fraction of sp³-hybridized carbons (Fsp3) is 0. The van der Waals surface area contributed by atoms with Gasteiger partial charge in [-0.05, 0) is 0 Å². The van der Waals surface area contributed by atoms with Gasteiger partial charge in [-0.3, -0.25) is 4.79 Å². The highest BCUT2D eigenvalue weighted by atomic mass is 16.1. The van der Waals surface area contributed by atoms with Crippen molar-refractivity contribution >= 4 is 6.41 Å². The fourth-order valence-electron chi connectivity index (χ4n) is 0.0373. The minimum absolute atomic E-state index is 0.708. The average Bonchev–Trinajstić information content (AvgIpc) is 1.65. The fourth-order valence-corrected chi connectivity index (χ4v) is 0.0373. The van der Waals surface area contributed by atoms with Crippen molar-refractivity contribution in [2.24, 2.45) is 5.84 Å². The summed E-state index contributed by atoms with van der Waals surface area (Å²) in [5, 5.41) is 0.708. The molecule has 0 spiro atoms. The molecule has 3 heteroatoms. The first-order valence-corrected chi connectivity index (χ1v) is 1.35. The Morgan fingerprint density at radius 1 is 2.00 bits per heavy atom. The predicted octanol–water partition coefficient (Wildman–Crippen LogP) is -0.627. The smallest absolute Gasteiger partial charge is 0.261 e. The van der Waals surface area contributed by atoms with Gasteiger partial charge in [0.05, 0.1) is 0 Å². The second-order valence-electron chi connectivity index (χ2n) is 0.681. The third kappa shape index (κ3) is 1.49. The second-order valence-corrected chi connectivity index (χ2v) is 0.681. The van der Waals surface area contributed by atoms with Gasteiger partial charge >= 0.3 is 6.41 Å². The van der Waals surface area contributed by atoms with Gasteiger partial charge in [0.2, 0.25) is 0 Å². The number of amides is 1. The van der Waals surface area contributed by atoms with E-state index >= 15 is 0 Å². The highest BCUT2D eigenvalue weighted by Crippen LogP contribution is 1.60. The molecule has 0 aromatic rings. The Bertz CT molecular complexity index is 53.8. The van der Waals surface area contributed by atoms with Crippen LogP contribution < -0.4 is 5.84 Å². The lowest BCUT2D eigenvalue weighted by molar-refractivity contribution is 0.474. The van der Waals surface area contributed by atoms with Gasteiger partial charge in [-0.25, -0.2) is 10.9 Å². The summed E-state index contributed by atoms with van der Waals surface area (Å²) in [6, 6.07) is 0. The Morgan fingerprint density at radius 2 is 2.50 bits per heavy atom. The van der Waals surface area contributed by atoms with Crippen molar-refractivity contribution in [3.05, 3.63) is 12.8 Å². The first-order valence-electron chi connectivity index (χ1n) is 1.35. The van der Waals surface area contributed by atoms with Crippen LogP contribution in [0.2, 0.25) is 0 Å². The van der Waals surface area contributed by atoms with E-state index in [1.807, 2.05) is 0 Å². The third-order valence-electron chi connectivity index (χ3n) is 0.302. The summed E-state index contributed by atoms with van der Waals surface area (Å²) in [4.78, 5) is 9.34. The Kier molecular flexibility index (Phi) is 2.08. The molecule has 0 aliphatic rings. The van der Waals surface area contributed by atoms with E-state index in [1.165, 1.54) is 6.41 Å². The SMILES string of the molecule is C=CN(N)[C]=O. The maximum Gasteiger partial charge on any atom is 0.331 e. The molecule has 0 rings (SSSR count). The predicted molar refractivity (Wildman–Crippen MR) is 21.9 cm³/mol. The summed E-state index contributed by atoms with van der Waals surface area (Å²) < 4.78 is 0. The molecule has 0 unspecified atom stereocenters. The molecule has 1 radical (unpaired) electrons. The monoisotopic (exact) mass is 85.0 g/mol. The van der Waals surface area contributed by atoms with E-state index in [9.17, 15) is 4.79 Å². The van der Waals surface area contributed by atoms with Crippen LogP contribution in [-0.2, 0) is 4.79 Å². The van der Waals surface area contributed by atoms with Crippen LogP contribution in [0.15, 0.2) is 12.8 Å². The van der Waals surface area contributed by atoms with Crippen LogP contribution in [0.3, 0.4) is 0 Å². The zero-order chi connectivity index (χ0) is 4.99. The molecule has 0 aliphatic heterocycles. The van der Waals surface area contributed by atoms with Crippen LogP contribution in [0.5, 0.6) is 0 Å². The first kappa shape index (κ1) is 5.17. The van der Waals surface area contributed by atoms with Crippen molar-refractivity contribution in [2.45, 2.75) is 0 Å². The van der Waals surface area contributed by atoms with Crippen LogP contribution >= 0.6 is 0 Å². The summed E-state index contributed by atoms with van der Waals surface area (Å²) >= 11 is 0. The van der Waals surface area contributed by atoms with Crippen LogP contribution in [0.4, 0.5) is 0 Å². The third-order valence-corrected chi connectivity index (χ3v) is 0.302. The number of nitrogens with zero attached hydrogens (tertiary/aromatic N) is 1. The highest BCUT2D eigenvalue weighted by Gasteiger charge is 1.77. The molecule has 0 aliphatic carbocycles. The van der Waals surface area contributed by atoms with Crippen LogP contribution in [-0.4, -0.2) is 11.4 Å². The van der Waals surface area contributed by atoms with Crippen molar-refractivity contribution < 1.29 is 4.79 Å². The van der Waals surface area contributed by atoms with E-state index in [1.54, 1.807) is 0 Å². The lowest BCUT2D eigenvalue weighted by atomic mass is 10.9. The maximum absolute atomic E-state index is 9.34. The highest BCUT2D eigenvalue weighted by molar-refractivity contribution is 5.48. The Morgan fingerprint density at radius 3 is 2.50 bits per heavy atom. The molecule has 0 saturated heterocycles. The number of rotatable bonds is 2. The zero-order valence-electron chi connectivity index (χ0n) is 3.22. The molecule has 33 valence electrons. The molecular formula is C3H5N2O. The molecule has 1 amide bonds. The zero-order valence-corrected chi connectivity index (χ0v) is 3.22. The molecule has 6 heavy (non-hydrogen) atoms. The van der Waals surface area contributed by atoms with Crippen molar-refractivity contribution in [3.63, 3.8) is 0 Å². The molecule has 3 nitrogen and oxygen atoms in total. The summed E-state index contributed by atoms with van der Waals surface area (Å²) in [5.41, 5.74) is 0. The van der Waals surface area contributed by atoms with Gasteiger partial charge in [-0.2, -0.15) is 0 Å². The van der Waals surface area contributed by atoms with Gasteiger partial charge in [0, 0.05) is 6.20 Å². The molecule has 0 atom stereocenters. The van der Waals surface area contributed by atoms with E-state index in [-0.39, 0.29) is 0 Å². The lowest BCUT2D eigenvalue weighted by Crippen LogP contribution is -2.21. The minimum Gasteiger partial charge on any atom is -0.261 e. The van der Waals surface area contributed by atoms with E-state index in [4.69, 9.17) is 5.84 Å². The Balaban J connectivity index is 3.21. The van der Waals surface area contributed by atoms with Gasteiger partial charge in [0.1, 0.15) is 0 Å². The van der Waals surface area contributed by atoms with E-state index in [0.29, 0.717) is 5.01 Å². The Labute approximate surface area is 36.0 Å². The van der Waals surface area contributed by atoms with Crippen LogP contribution in [0.25, 0.3) is 0 Å². The number of hydrogen-bond donors (Lipinski definition) is 1. The molecule has 0 aromatic carbocycles. The van der Waals surface area contributed by atoms with Gasteiger partial charge in [-0.15, -0.1) is 0 Å². The lowest BCUT2D eigenvalue weighted by Gasteiger charge is -1.94. The summed E-state index contributed by atoms with van der Waals surface area (Å²) in [6.07, 6.45) is 2.52. The van der Waals surface area contributed by atoms with Gasteiger partial charge in [0.15, 0.2) is 0 Å². The van der Waals surface area contributed by atoms with E-state index in [2.05, 4.69) is 6.58 Å². The van der Waals surface area contributed by atoms with E-state index in [0.717, 1.165) is 6.20 Å². The molecule has 2 N–H and O–H groups in total. The van der Waals surface area contributed by atoms with Crippen LogP contribution in [0.1, 0.15) is 0 Å². The normalized spacial score (nSPS) is 6.83. The second kappa shape index (κ2) is 2.41. The number of nitrogens with two attached hydrogens (primary N) is 1. The topological polar surface area (TPSA) is 46.3 Å². The standard InChI is InChI=1S/C3H5N2O/c1-2-5(4)3-6/h2H,1,4H2. The number of carbonyl (C=O) groups excluding carboxylic acids is 1. The average molecular weight is 85.1 g/mol.